The molecule has 0 bridgehead atoms. The van der Waals surface area contributed by atoms with Crippen molar-refractivity contribution in [1.29, 1.82) is 0 Å². The van der Waals surface area contributed by atoms with E-state index in [2.05, 4.69) is 54.8 Å². The van der Waals surface area contributed by atoms with Gasteiger partial charge in [0.2, 0.25) is 0 Å². The Hall–Kier alpha value is -0.860. The molecule has 2 aliphatic rings. The first-order valence-electron chi connectivity index (χ1n) is 8.65. The number of aryl methyl sites for hydroxylation is 1. The van der Waals surface area contributed by atoms with E-state index in [1.165, 1.54) is 51.1 Å². The standard InChI is InChI=1S/C19H30N2/c1-15(2)12-21-14-19(21)13-20-10-8-18(9-11-20)17-6-4-16(3)5-7-17/h4-7,15,18-19H,8-14H2,1-3H3. The molecular weight excluding hydrogens is 256 g/mol. The van der Waals surface area contributed by atoms with Gasteiger partial charge < -0.3 is 4.90 Å². The van der Waals surface area contributed by atoms with Crippen molar-refractivity contribution >= 4 is 0 Å². The second-order valence-corrected chi connectivity index (χ2v) is 7.49. The highest BCUT2D eigenvalue weighted by Crippen LogP contribution is 2.29. The van der Waals surface area contributed by atoms with E-state index in [1.54, 1.807) is 5.56 Å². The lowest BCUT2D eigenvalue weighted by atomic mass is 9.89. The summed E-state index contributed by atoms with van der Waals surface area (Å²) in [5.41, 5.74) is 2.92. The predicted octanol–water partition coefficient (Wildman–Crippen LogP) is 3.51. The zero-order valence-corrected chi connectivity index (χ0v) is 13.9. The molecule has 0 radical (unpaired) electrons. The van der Waals surface area contributed by atoms with Crippen LogP contribution in [-0.4, -0.2) is 48.6 Å². The third-order valence-corrected chi connectivity index (χ3v) is 5.03. The van der Waals surface area contributed by atoms with Crippen LogP contribution in [0, 0.1) is 12.8 Å². The molecular formula is C19H30N2. The van der Waals surface area contributed by atoms with Crippen molar-refractivity contribution in [3.05, 3.63) is 35.4 Å². The van der Waals surface area contributed by atoms with Crippen molar-refractivity contribution in [2.24, 2.45) is 5.92 Å². The summed E-state index contributed by atoms with van der Waals surface area (Å²) in [6, 6.07) is 10.0. The average Bonchev–Trinajstić information content (AvgIpc) is 3.17. The average molecular weight is 286 g/mol. The first-order chi connectivity index (χ1) is 10.1. The molecule has 2 nitrogen and oxygen atoms in total. The van der Waals surface area contributed by atoms with Gasteiger partial charge in [-0.05, 0) is 50.3 Å². The minimum absolute atomic E-state index is 0.785. The summed E-state index contributed by atoms with van der Waals surface area (Å²) in [6.45, 7) is 13.3. The fourth-order valence-electron chi connectivity index (χ4n) is 3.67. The minimum atomic E-state index is 0.785. The Kier molecular flexibility index (Phi) is 4.66. The molecule has 3 rings (SSSR count). The topological polar surface area (TPSA) is 6.25 Å². The van der Waals surface area contributed by atoms with Crippen LogP contribution in [-0.2, 0) is 0 Å². The first-order valence-corrected chi connectivity index (χ1v) is 8.65. The molecule has 2 aliphatic heterocycles. The van der Waals surface area contributed by atoms with Gasteiger partial charge in [-0.2, -0.15) is 0 Å². The van der Waals surface area contributed by atoms with Gasteiger partial charge in [0.1, 0.15) is 0 Å². The van der Waals surface area contributed by atoms with E-state index >= 15 is 0 Å². The van der Waals surface area contributed by atoms with Gasteiger partial charge in [0.25, 0.3) is 0 Å². The van der Waals surface area contributed by atoms with Crippen molar-refractivity contribution in [2.45, 2.75) is 45.6 Å². The summed E-state index contributed by atoms with van der Waals surface area (Å²) in [7, 11) is 0. The van der Waals surface area contributed by atoms with E-state index in [-0.39, 0.29) is 0 Å². The molecule has 0 spiro atoms. The fraction of sp³-hybridized carbons (Fsp3) is 0.684. The van der Waals surface area contributed by atoms with Gasteiger partial charge in [-0.25, -0.2) is 0 Å². The van der Waals surface area contributed by atoms with E-state index in [9.17, 15) is 0 Å². The van der Waals surface area contributed by atoms with Crippen LogP contribution in [0.2, 0.25) is 0 Å². The summed E-state index contributed by atoms with van der Waals surface area (Å²) in [5, 5.41) is 0. The van der Waals surface area contributed by atoms with Crippen LogP contribution in [0.1, 0.15) is 43.7 Å². The van der Waals surface area contributed by atoms with E-state index in [0.717, 1.165) is 17.9 Å². The lowest BCUT2D eigenvalue weighted by Crippen LogP contribution is -2.36. The number of piperidine rings is 1. The fourth-order valence-corrected chi connectivity index (χ4v) is 3.67. The maximum Gasteiger partial charge on any atom is 0.0351 e. The summed E-state index contributed by atoms with van der Waals surface area (Å²) in [6.07, 6.45) is 2.67. The van der Waals surface area contributed by atoms with E-state index in [1.807, 2.05) is 0 Å². The van der Waals surface area contributed by atoms with Gasteiger partial charge in [0.05, 0.1) is 0 Å². The summed E-state index contributed by atoms with van der Waals surface area (Å²) < 4.78 is 0. The van der Waals surface area contributed by atoms with Crippen molar-refractivity contribution in [1.82, 2.24) is 9.80 Å². The molecule has 0 aromatic heterocycles. The molecule has 21 heavy (non-hydrogen) atoms. The molecule has 0 saturated carbocycles. The van der Waals surface area contributed by atoms with Crippen LogP contribution in [0.4, 0.5) is 0 Å². The number of likely N-dealkylation sites (tertiary alicyclic amines) is 1. The second-order valence-electron chi connectivity index (χ2n) is 7.49. The normalized spacial score (nSPS) is 27.2. The van der Waals surface area contributed by atoms with Gasteiger partial charge in [0.15, 0.2) is 0 Å². The number of hydrogen-bond acceptors (Lipinski definition) is 2. The van der Waals surface area contributed by atoms with Gasteiger partial charge in [-0.15, -0.1) is 0 Å². The van der Waals surface area contributed by atoms with Crippen molar-refractivity contribution < 1.29 is 0 Å². The highest BCUT2D eigenvalue weighted by Gasteiger charge is 2.35. The number of nitrogens with zero attached hydrogens (tertiary/aromatic N) is 2. The van der Waals surface area contributed by atoms with Crippen molar-refractivity contribution in [3.63, 3.8) is 0 Å². The van der Waals surface area contributed by atoms with E-state index in [0.29, 0.717) is 0 Å². The number of rotatable bonds is 5. The zero-order chi connectivity index (χ0) is 14.8. The maximum absolute atomic E-state index is 2.69. The SMILES string of the molecule is Cc1ccc(C2CCN(CC3CN3CC(C)C)CC2)cc1. The maximum atomic E-state index is 2.69. The molecule has 2 saturated heterocycles. The monoisotopic (exact) mass is 286 g/mol. The van der Waals surface area contributed by atoms with Crippen LogP contribution >= 0.6 is 0 Å². The highest BCUT2D eigenvalue weighted by molar-refractivity contribution is 5.24. The Morgan fingerprint density at radius 1 is 1.10 bits per heavy atom. The number of hydrogen-bond donors (Lipinski definition) is 0. The Balaban J connectivity index is 1.42. The molecule has 116 valence electrons. The summed E-state index contributed by atoms with van der Waals surface area (Å²) in [4.78, 5) is 5.33. The molecule has 0 amide bonds. The molecule has 2 unspecified atom stereocenters. The first kappa shape index (κ1) is 15.1. The number of benzene rings is 1. The quantitative estimate of drug-likeness (QED) is 0.764. The molecule has 1 aromatic rings. The lowest BCUT2D eigenvalue weighted by molar-refractivity contribution is 0.204. The lowest BCUT2D eigenvalue weighted by Gasteiger charge is -2.32. The Morgan fingerprint density at radius 2 is 1.76 bits per heavy atom. The Labute approximate surface area is 130 Å². The van der Waals surface area contributed by atoms with Crippen LogP contribution in [0.3, 0.4) is 0 Å². The predicted molar refractivity (Wildman–Crippen MR) is 89.8 cm³/mol. The van der Waals surface area contributed by atoms with Crippen molar-refractivity contribution in [2.75, 3.05) is 32.7 Å². The minimum Gasteiger partial charge on any atom is -0.302 e. The molecule has 2 heterocycles. The molecule has 2 fully saturated rings. The second kappa shape index (κ2) is 6.50. The summed E-state index contributed by atoms with van der Waals surface area (Å²) in [5.74, 6) is 1.59. The van der Waals surface area contributed by atoms with E-state index in [4.69, 9.17) is 0 Å². The summed E-state index contributed by atoms with van der Waals surface area (Å²) >= 11 is 0. The van der Waals surface area contributed by atoms with Gasteiger partial charge in [-0.1, -0.05) is 43.7 Å². The Morgan fingerprint density at radius 3 is 2.38 bits per heavy atom. The molecule has 2 atom stereocenters. The van der Waals surface area contributed by atoms with Crippen LogP contribution in [0.5, 0.6) is 0 Å². The van der Waals surface area contributed by atoms with E-state index < -0.39 is 0 Å². The third-order valence-electron chi connectivity index (χ3n) is 5.03. The van der Waals surface area contributed by atoms with Gasteiger partial charge in [0, 0.05) is 25.7 Å². The van der Waals surface area contributed by atoms with Gasteiger partial charge >= 0.3 is 0 Å². The third kappa shape index (κ3) is 4.08. The van der Waals surface area contributed by atoms with Gasteiger partial charge in [-0.3, -0.25) is 4.90 Å². The molecule has 0 aliphatic carbocycles. The molecule has 1 aromatic carbocycles. The highest BCUT2D eigenvalue weighted by atomic mass is 15.3. The van der Waals surface area contributed by atoms with Crippen molar-refractivity contribution in [3.8, 4) is 0 Å². The van der Waals surface area contributed by atoms with Crippen LogP contribution in [0.15, 0.2) is 24.3 Å². The van der Waals surface area contributed by atoms with Crippen LogP contribution < -0.4 is 0 Å². The molecule has 0 N–H and O–H groups in total. The smallest absolute Gasteiger partial charge is 0.0351 e. The molecule has 2 heteroatoms. The largest absolute Gasteiger partial charge is 0.302 e. The van der Waals surface area contributed by atoms with Crippen LogP contribution in [0.25, 0.3) is 0 Å². The zero-order valence-electron chi connectivity index (χ0n) is 13.9. The Bertz CT molecular complexity index is 443.